The van der Waals surface area contributed by atoms with Gasteiger partial charge in [-0.2, -0.15) is 0 Å². The largest absolute Gasteiger partial charge is 0.368 e. The van der Waals surface area contributed by atoms with Gasteiger partial charge in [0, 0.05) is 38.3 Å². The molecule has 0 radical (unpaired) electrons. The fraction of sp³-hybridized carbons (Fsp3) is 0.316. The van der Waals surface area contributed by atoms with Crippen LogP contribution < -0.4 is 15.1 Å². The summed E-state index contributed by atoms with van der Waals surface area (Å²) in [4.78, 5) is 16.2. The molecule has 1 amide bonds. The highest BCUT2D eigenvalue weighted by molar-refractivity contribution is 5.94. The van der Waals surface area contributed by atoms with Gasteiger partial charge in [0.2, 0.25) is 5.91 Å². The molecule has 0 atom stereocenters. The molecule has 126 valence electrons. The van der Waals surface area contributed by atoms with Crippen LogP contribution in [0.5, 0.6) is 0 Å². The summed E-state index contributed by atoms with van der Waals surface area (Å²) in [6.07, 6.45) is 0.465. The molecule has 2 aromatic rings. The number of para-hydroxylation sites is 2. The minimum absolute atomic E-state index is 0.0207. The third-order valence-corrected chi connectivity index (χ3v) is 4.31. The Balaban J connectivity index is 1.68. The zero-order valence-corrected chi connectivity index (χ0v) is 13.8. The summed E-state index contributed by atoms with van der Waals surface area (Å²) in [5.41, 5.74) is 2.96. The van der Waals surface area contributed by atoms with Crippen molar-refractivity contribution >= 4 is 23.0 Å². The third-order valence-electron chi connectivity index (χ3n) is 4.31. The van der Waals surface area contributed by atoms with Crippen LogP contribution in [0.3, 0.4) is 0 Å². The van der Waals surface area contributed by atoms with Crippen molar-refractivity contribution in [3.63, 3.8) is 0 Å². The molecule has 1 fully saturated rings. The fourth-order valence-electron chi connectivity index (χ4n) is 2.95. The van der Waals surface area contributed by atoms with E-state index in [-0.39, 0.29) is 11.7 Å². The number of carbonyl (C=O) groups is 1. The highest BCUT2D eigenvalue weighted by atomic mass is 19.1. The fourth-order valence-corrected chi connectivity index (χ4v) is 2.95. The monoisotopic (exact) mass is 327 g/mol. The summed E-state index contributed by atoms with van der Waals surface area (Å²) < 4.78 is 13.1. The molecule has 24 heavy (non-hydrogen) atoms. The summed E-state index contributed by atoms with van der Waals surface area (Å²) in [6.45, 7) is 5.29. The van der Waals surface area contributed by atoms with Crippen LogP contribution in [-0.2, 0) is 4.79 Å². The zero-order valence-electron chi connectivity index (χ0n) is 13.8. The molecule has 1 saturated heterocycles. The molecule has 4 nitrogen and oxygen atoms in total. The molecule has 1 aliphatic rings. The number of benzene rings is 2. The van der Waals surface area contributed by atoms with Crippen molar-refractivity contribution in [2.75, 3.05) is 41.3 Å². The molecular formula is C19H22FN3O. The smallest absolute Gasteiger partial charge is 0.224 e. The lowest BCUT2D eigenvalue weighted by atomic mass is 10.2. The highest BCUT2D eigenvalue weighted by Gasteiger charge is 2.19. The van der Waals surface area contributed by atoms with Crippen molar-refractivity contribution < 1.29 is 9.18 Å². The first kappa shape index (κ1) is 16.3. The van der Waals surface area contributed by atoms with Gasteiger partial charge in [-0.15, -0.1) is 0 Å². The van der Waals surface area contributed by atoms with E-state index in [1.807, 2.05) is 43.3 Å². The standard InChI is InChI=1S/C19H22FN3O/c1-2-19(24)21-17-5-3-4-6-18(17)23-13-11-22(12-14-23)16-9-7-15(20)8-10-16/h3-10H,2,11-14H2,1H3,(H,21,24). The zero-order chi connectivity index (χ0) is 16.9. The van der Waals surface area contributed by atoms with Gasteiger partial charge in [-0.3, -0.25) is 4.79 Å². The quantitative estimate of drug-likeness (QED) is 0.933. The van der Waals surface area contributed by atoms with Crippen molar-refractivity contribution in [2.24, 2.45) is 0 Å². The molecule has 0 spiro atoms. The highest BCUT2D eigenvalue weighted by Crippen LogP contribution is 2.27. The van der Waals surface area contributed by atoms with E-state index in [1.165, 1.54) is 12.1 Å². The van der Waals surface area contributed by atoms with Gasteiger partial charge < -0.3 is 15.1 Å². The average molecular weight is 327 g/mol. The second kappa shape index (κ2) is 7.34. The maximum absolute atomic E-state index is 13.1. The second-order valence-electron chi connectivity index (χ2n) is 5.87. The number of amides is 1. The predicted molar refractivity (Wildman–Crippen MR) is 96.2 cm³/mol. The molecule has 1 aliphatic heterocycles. The van der Waals surface area contributed by atoms with Crippen LogP contribution in [0.25, 0.3) is 0 Å². The molecule has 0 aliphatic carbocycles. The first-order valence-corrected chi connectivity index (χ1v) is 8.31. The molecule has 1 heterocycles. The maximum atomic E-state index is 13.1. The van der Waals surface area contributed by atoms with Crippen LogP contribution in [0, 0.1) is 5.82 Å². The van der Waals surface area contributed by atoms with Crippen molar-refractivity contribution in [1.29, 1.82) is 0 Å². The Labute approximate surface area is 141 Å². The van der Waals surface area contributed by atoms with Gasteiger partial charge in [-0.1, -0.05) is 19.1 Å². The Morgan fingerprint density at radius 3 is 2.29 bits per heavy atom. The number of hydrogen-bond donors (Lipinski definition) is 1. The first-order chi connectivity index (χ1) is 11.7. The van der Waals surface area contributed by atoms with Crippen molar-refractivity contribution in [3.8, 4) is 0 Å². The van der Waals surface area contributed by atoms with E-state index >= 15 is 0 Å². The molecule has 0 saturated carbocycles. The number of nitrogens with one attached hydrogen (secondary N) is 1. The Morgan fingerprint density at radius 2 is 1.62 bits per heavy atom. The predicted octanol–water partition coefficient (Wildman–Crippen LogP) is 3.50. The van der Waals surface area contributed by atoms with E-state index in [2.05, 4.69) is 15.1 Å². The lowest BCUT2D eigenvalue weighted by Gasteiger charge is -2.38. The Morgan fingerprint density at radius 1 is 1.00 bits per heavy atom. The van der Waals surface area contributed by atoms with E-state index in [0.717, 1.165) is 43.2 Å². The molecule has 0 bridgehead atoms. The van der Waals surface area contributed by atoms with Crippen molar-refractivity contribution in [3.05, 3.63) is 54.3 Å². The first-order valence-electron chi connectivity index (χ1n) is 8.31. The van der Waals surface area contributed by atoms with Gasteiger partial charge in [0.25, 0.3) is 0 Å². The number of halogens is 1. The van der Waals surface area contributed by atoms with E-state index < -0.39 is 0 Å². The van der Waals surface area contributed by atoms with Crippen molar-refractivity contribution in [2.45, 2.75) is 13.3 Å². The summed E-state index contributed by atoms with van der Waals surface area (Å²) in [6, 6.07) is 14.5. The topological polar surface area (TPSA) is 35.6 Å². The number of piperazine rings is 1. The normalized spacial score (nSPS) is 14.6. The Hall–Kier alpha value is -2.56. The van der Waals surface area contributed by atoms with Crippen LogP contribution in [0.1, 0.15) is 13.3 Å². The number of carbonyl (C=O) groups excluding carboxylic acids is 1. The third kappa shape index (κ3) is 3.67. The molecule has 0 unspecified atom stereocenters. The maximum Gasteiger partial charge on any atom is 0.224 e. The molecule has 0 aromatic heterocycles. The molecule has 2 aromatic carbocycles. The number of anilines is 3. The van der Waals surface area contributed by atoms with Gasteiger partial charge in [-0.05, 0) is 36.4 Å². The van der Waals surface area contributed by atoms with Crippen molar-refractivity contribution in [1.82, 2.24) is 0 Å². The number of rotatable bonds is 4. The number of hydrogen-bond acceptors (Lipinski definition) is 3. The summed E-state index contributed by atoms with van der Waals surface area (Å²) >= 11 is 0. The summed E-state index contributed by atoms with van der Waals surface area (Å²) in [7, 11) is 0. The van der Waals surface area contributed by atoms with Gasteiger partial charge in [0.1, 0.15) is 5.82 Å². The minimum atomic E-state index is -0.210. The van der Waals surface area contributed by atoms with E-state index in [1.54, 1.807) is 0 Å². The second-order valence-corrected chi connectivity index (χ2v) is 5.87. The molecule has 1 N–H and O–H groups in total. The Bertz CT molecular complexity index is 694. The molecule has 3 rings (SSSR count). The van der Waals surface area contributed by atoms with E-state index in [9.17, 15) is 9.18 Å². The van der Waals surface area contributed by atoms with Crippen LogP contribution in [0.2, 0.25) is 0 Å². The molecule has 5 heteroatoms. The summed E-state index contributed by atoms with van der Waals surface area (Å²) in [5.74, 6) is -0.189. The number of nitrogens with zero attached hydrogens (tertiary/aromatic N) is 2. The van der Waals surface area contributed by atoms with Gasteiger partial charge in [0.05, 0.1) is 11.4 Å². The lowest BCUT2D eigenvalue weighted by molar-refractivity contribution is -0.115. The van der Waals surface area contributed by atoms with Crippen LogP contribution in [0.4, 0.5) is 21.5 Å². The van der Waals surface area contributed by atoms with Crippen LogP contribution >= 0.6 is 0 Å². The Kier molecular flexibility index (Phi) is 4.99. The lowest BCUT2D eigenvalue weighted by Crippen LogP contribution is -2.46. The van der Waals surface area contributed by atoms with Crippen LogP contribution in [0.15, 0.2) is 48.5 Å². The SMILES string of the molecule is CCC(=O)Nc1ccccc1N1CCN(c2ccc(F)cc2)CC1. The molecular weight excluding hydrogens is 305 g/mol. The van der Waals surface area contributed by atoms with Gasteiger partial charge in [0.15, 0.2) is 0 Å². The van der Waals surface area contributed by atoms with E-state index in [4.69, 9.17) is 0 Å². The van der Waals surface area contributed by atoms with Gasteiger partial charge in [-0.25, -0.2) is 4.39 Å². The minimum Gasteiger partial charge on any atom is -0.368 e. The average Bonchev–Trinajstić information content (AvgIpc) is 2.63. The summed E-state index contributed by atoms with van der Waals surface area (Å²) in [5, 5.41) is 2.97. The van der Waals surface area contributed by atoms with Gasteiger partial charge >= 0.3 is 0 Å². The van der Waals surface area contributed by atoms with Crippen LogP contribution in [-0.4, -0.2) is 32.1 Å². The van der Waals surface area contributed by atoms with E-state index in [0.29, 0.717) is 6.42 Å².